The van der Waals surface area contributed by atoms with E-state index in [0.717, 1.165) is 0 Å². The molecule has 0 N–H and O–H groups in total. The van der Waals surface area contributed by atoms with Gasteiger partial charge in [0.25, 0.3) is 0 Å². The lowest BCUT2D eigenvalue weighted by Crippen LogP contribution is -2.37. The Hall–Kier alpha value is -8.36. The van der Waals surface area contributed by atoms with Crippen LogP contribution in [0.3, 0.4) is 0 Å². The first-order valence-electron chi connectivity index (χ1n) is 33.0. The lowest BCUT2D eigenvalue weighted by Gasteiger charge is -2.18. The molecule has 478 valence electrons. The van der Waals surface area contributed by atoms with Gasteiger partial charge in [-0.1, -0.05) is 332 Å². The summed E-state index contributed by atoms with van der Waals surface area (Å²) in [4.78, 5) is 0. The summed E-state index contributed by atoms with van der Waals surface area (Å²) in [5, 5.41) is 1.54. The van der Waals surface area contributed by atoms with E-state index in [1.807, 2.05) is 6.07 Å². The van der Waals surface area contributed by atoms with Crippen molar-refractivity contribution in [3.63, 3.8) is 0 Å². The smallest absolute Gasteiger partial charge is 0.0656 e. The summed E-state index contributed by atoms with van der Waals surface area (Å²) >= 11 is 0. The van der Waals surface area contributed by atoms with Crippen LogP contribution >= 0.6 is 0 Å². The molecule has 0 aliphatic rings. The highest BCUT2D eigenvalue weighted by Gasteiger charge is 2.15. The Kier molecular flexibility index (Phi) is 28.2. The van der Waals surface area contributed by atoms with Crippen LogP contribution in [0.4, 0.5) is 0 Å². The Morgan fingerprint density at radius 2 is 0.543 bits per heavy atom. The van der Waals surface area contributed by atoms with Crippen molar-refractivity contribution in [1.29, 1.82) is 0 Å². The van der Waals surface area contributed by atoms with Crippen molar-refractivity contribution in [3.05, 3.63) is 336 Å². The summed E-state index contributed by atoms with van der Waals surface area (Å²) in [6, 6.07) is 83.1. The van der Waals surface area contributed by atoms with Crippen LogP contribution in [-0.2, 0) is 5.41 Å². The Bertz CT molecular complexity index is 3930. The second-order valence-electron chi connectivity index (χ2n) is 28.0. The normalized spacial score (nSPS) is 10.6. The van der Waals surface area contributed by atoms with E-state index in [9.17, 15) is 0 Å². The van der Waals surface area contributed by atoms with Gasteiger partial charge in [-0.3, -0.25) is 0 Å². The molecule has 0 spiro atoms. The first-order chi connectivity index (χ1) is 43.3. The second kappa shape index (κ2) is 34.9. The van der Waals surface area contributed by atoms with Gasteiger partial charge in [-0.15, -0.1) is 0 Å². The Balaban J connectivity index is 0.000000196. The zero-order chi connectivity index (χ0) is 68.0. The van der Waals surface area contributed by atoms with E-state index in [-0.39, 0.29) is 5.41 Å². The zero-order valence-electron chi connectivity index (χ0n) is 60.9. The molecule has 0 bridgehead atoms. The topological polar surface area (TPSA) is 0 Å². The fourth-order valence-electron chi connectivity index (χ4n) is 11.2. The van der Waals surface area contributed by atoms with Crippen molar-refractivity contribution < 1.29 is 0 Å². The summed E-state index contributed by atoms with van der Waals surface area (Å²) in [6.07, 6.45) is 0. The van der Waals surface area contributed by atoms with Crippen LogP contribution in [0, 0.1) is 125 Å². The van der Waals surface area contributed by atoms with Gasteiger partial charge in [0.2, 0.25) is 0 Å². The van der Waals surface area contributed by atoms with Crippen molar-refractivity contribution in [1.82, 2.24) is 0 Å². The van der Waals surface area contributed by atoms with Gasteiger partial charge in [-0.05, 0) is 225 Å². The molecule has 11 aromatic carbocycles. The van der Waals surface area contributed by atoms with Gasteiger partial charge in [-0.2, -0.15) is 0 Å². The second-order valence-corrected chi connectivity index (χ2v) is 33.1. The highest BCUT2D eigenvalue weighted by molar-refractivity contribution is 6.88. The Morgan fingerprint density at radius 1 is 0.207 bits per heavy atom. The summed E-state index contributed by atoms with van der Waals surface area (Å²) in [5.41, 5.74) is 36.5. The predicted molar refractivity (Wildman–Crippen MR) is 414 cm³/mol. The summed E-state index contributed by atoms with van der Waals surface area (Å²) in [7, 11) is -1.06. The molecule has 0 radical (unpaired) electrons. The molecule has 0 amide bonds. The van der Waals surface area contributed by atoms with Gasteiger partial charge >= 0.3 is 0 Å². The lowest BCUT2D eigenvalue weighted by atomic mass is 9.87. The van der Waals surface area contributed by atoms with Crippen LogP contribution in [0.25, 0.3) is 44.5 Å². The van der Waals surface area contributed by atoms with Crippen LogP contribution in [0.15, 0.2) is 231 Å². The van der Waals surface area contributed by atoms with E-state index in [4.69, 9.17) is 0 Å². The fourth-order valence-corrected chi connectivity index (χ4v) is 12.3. The maximum atomic E-state index is 2.37. The molecule has 0 atom stereocenters. The molecular formula is C91H110Si. The number of aryl methyl sites for hydroxylation is 18. The molecule has 11 rings (SSSR count). The largest absolute Gasteiger partial charge is 0.0775 e. The minimum Gasteiger partial charge on any atom is -0.0656 e. The van der Waals surface area contributed by atoms with Gasteiger partial charge in [0.05, 0.1) is 8.07 Å². The monoisotopic (exact) mass is 1230 g/mol. The third kappa shape index (κ3) is 24.4. The molecule has 11 aromatic rings. The number of benzene rings is 11. The number of rotatable bonds is 5. The molecule has 1 heteroatoms. The molecule has 0 aromatic heterocycles. The summed E-state index contributed by atoms with van der Waals surface area (Å²) < 4.78 is 0. The van der Waals surface area contributed by atoms with Crippen molar-refractivity contribution in [2.24, 2.45) is 0 Å². The van der Waals surface area contributed by atoms with Gasteiger partial charge < -0.3 is 0 Å². The molecule has 0 heterocycles. The minimum atomic E-state index is -1.06. The van der Waals surface area contributed by atoms with Crippen LogP contribution in [0.2, 0.25) is 19.6 Å². The Morgan fingerprint density at radius 3 is 0.957 bits per heavy atom. The molecule has 0 fully saturated rings. The third-order valence-corrected chi connectivity index (χ3v) is 18.8. The van der Waals surface area contributed by atoms with E-state index in [1.54, 1.807) is 5.19 Å². The van der Waals surface area contributed by atoms with Crippen LogP contribution in [-0.4, -0.2) is 8.07 Å². The standard InChI is InChI=1S/C17H20.2C15H16.C14H14.C11H16.C10H16Si.C9H12/c1-11-6-12(2)10-16(9-11)17-14(4)7-13(3)8-15(17)5;1-11-4-6-14(7-5-11)15-9-12(2)8-13(3)10-15;1-11-7-9-14(10-8-11)15-12(2)5-4-6-13(15)3;1-11-8-9-14(10-12(11)2)13-6-4-3-5-7-13;2*1-9-5-7-10(8-6-9)11(2,3)4;1-7-4-5-8(2)9(3)6-7/h6-10H,1-5H3;2*4-10H,1-3H3;3-10H,1-2H3;2*5-8H,1-4H3;4-6H,1-3H3. The van der Waals surface area contributed by atoms with Gasteiger partial charge in [0.1, 0.15) is 0 Å². The molecule has 0 saturated carbocycles. The van der Waals surface area contributed by atoms with E-state index in [0.29, 0.717) is 0 Å². The van der Waals surface area contributed by atoms with Crippen molar-refractivity contribution >= 4 is 13.3 Å². The van der Waals surface area contributed by atoms with E-state index >= 15 is 0 Å². The molecular weight excluding hydrogens is 1120 g/mol. The van der Waals surface area contributed by atoms with Gasteiger partial charge in [0.15, 0.2) is 0 Å². The highest BCUT2D eigenvalue weighted by Crippen LogP contribution is 2.31. The summed E-state index contributed by atoms with van der Waals surface area (Å²) in [6.45, 7) is 52.5. The van der Waals surface area contributed by atoms with E-state index in [1.165, 1.54) is 150 Å². The van der Waals surface area contributed by atoms with Crippen molar-refractivity contribution in [3.8, 4) is 44.5 Å². The van der Waals surface area contributed by atoms with E-state index in [2.05, 4.69) is 389 Å². The third-order valence-electron chi connectivity index (χ3n) is 16.7. The molecule has 0 saturated heterocycles. The lowest BCUT2D eigenvalue weighted by molar-refractivity contribution is 0.590. The maximum absolute atomic E-state index is 2.37. The van der Waals surface area contributed by atoms with Crippen LogP contribution in [0.1, 0.15) is 126 Å². The Labute approximate surface area is 561 Å². The number of hydrogen-bond acceptors (Lipinski definition) is 0. The SMILES string of the molecule is Cc1cc(C)cc(-c2c(C)cc(C)cc2C)c1.Cc1ccc(-c2c(C)cccc2C)cc1.Cc1ccc(-c2cc(C)cc(C)c2)cc1.Cc1ccc(-c2ccccc2)cc1C.Cc1ccc(C(C)(C)C)cc1.Cc1ccc(C)c(C)c1.Cc1ccc([Si](C)(C)C)cc1. The molecule has 92 heavy (non-hydrogen) atoms. The number of hydrogen-bond donors (Lipinski definition) is 0. The summed E-state index contributed by atoms with van der Waals surface area (Å²) in [5.74, 6) is 0. The predicted octanol–water partition coefficient (Wildman–Crippen LogP) is 25.9. The first-order valence-corrected chi connectivity index (χ1v) is 36.5. The molecule has 0 aliphatic carbocycles. The average Bonchev–Trinajstić information content (AvgIpc) is 0.912. The first kappa shape index (κ1) is 74.4. The zero-order valence-corrected chi connectivity index (χ0v) is 61.9. The van der Waals surface area contributed by atoms with Crippen molar-refractivity contribution in [2.75, 3.05) is 0 Å². The van der Waals surface area contributed by atoms with E-state index < -0.39 is 8.07 Å². The quantitative estimate of drug-likeness (QED) is 0.151. The average molecular weight is 1230 g/mol. The van der Waals surface area contributed by atoms with Gasteiger partial charge in [0, 0.05) is 0 Å². The molecule has 0 unspecified atom stereocenters. The maximum Gasteiger partial charge on any atom is 0.0775 e. The van der Waals surface area contributed by atoms with Gasteiger partial charge in [-0.25, -0.2) is 0 Å². The van der Waals surface area contributed by atoms with Crippen LogP contribution in [0.5, 0.6) is 0 Å². The molecule has 0 aliphatic heterocycles. The highest BCUT2D eigenvalue weighted by atomic mass is 28.3. The van der Waals surface area contributed by atoms with Crippen LogP contribution < -0.4 is 5.19 Å². The minimum absolute atomic E-state index is 0.285. The molecule has 0 nitrogen and oxygen atoms in total. The fraction of sp³-hybridized carbons (Fsp3) is 0.275. The van der Waals surface area contributed by atoms with Crippen molar-refractivity contribution in [2.45, 2.75) is 170 Å².